The van der Waals surface area contributed by atoms with Gasteiger partial charge < -0.3 is 20.8 Å². The molecule has 0 aromatic carbocycles. The van der Waals surface area contributed by atoms with Crippen LogP contribution in [-0.4, -0.2) is 47.1 Å². The number of allylic oxidation sites excluding steroid dienone is 2. The molecule has 1 unspecified atom stereocenters. The quantitative estimate of drug-likeness (QED) is 0.175. The summed E-state index contributed by atoms with van der Waals surface area (Å²) >= 11 is 0. The summed E-state index contributed by atoms with van der Waals surface area (Å²) in [6.45, 7) is 0.717. The third-order valence-electron chi connectivity index (χ3n) is 3.73. The minimum absolute atomic E-state index is 0.202. The van der Waals surface area contributed by atoms with Crippen molar-refractivity contribution in [1.29, 1.82) is 0 Å². The highest BCUT2D eigenvalue weighted by Crippen LogP contribution is 2.07. The molecule has 0 aliphatic carbocycles. The van der Waals surface area contributed by atoms with Gasteiger partial charge in [0.15, 0.2) is 0 Å². The lowest BCUT2D eigenvalue weighted by Crippen LogP contribution is -2.42. The van der Waals surface area contributed by atoms with Crippen molar-refractivity contribution in [3.63, 3.8) is 0 Å². The Morgan fingerprint density at radius 1 is 0.885 bits per heavy atom. The van der Waals surface area contributed by atoms with E-state index in [0.29, 0.717) is 19.4 Å². The Morgan fingerprint density at radius 3 is 2.08 bits per heavy atom. The van der Waals surface area contributed by atoms with Crippen molar-refractivity contribution >= 4 is 24.3 Å². The lowest BCUT2D eigenvalue weighted by Gasteiger charge is -2.12. The SMILES string of the molecule is O=CNCCCC/C=C\CCCCCCC(=O)NC(CC(=O)O)C(=O)O. The summed E-state index contributed by atoms with van der Waals surface area (Å²) in [5, 5.41) is 22.3. The zero-order valence-corrected chi connectivity index (χ0v) is 15.1. The highest BCUT2D eigenvalue weighted by molar-refractivity contribution is 5.86. The Kier molecular flexibility index (Phi) is 14.6. The van der Waals surface area contributed by atoms with Crippen molar-refractivity contribution in [1.82, 2.24) is 10.6 Å². The Bertz CT molecular complexity index is 465. The summed E-state index contributed by atoms with van der Waals surface area (Å²) in [6.07, 6.45) is 12.1. The number of rotatable bonds is 17. The van der Waals surface area contributed by atoms with Crippen LogP contribution in [0, 0.1) is 0 Å². The van der Waals surface area contributed by atoms with E-state index < -0.39 is 30.3 Å². The smallest absolute Gasteiger partial charge is 0.326 e. The highest BCUT2D eigenvalue weighted by Gasteiger charge is 2.22. The Labute approximate surface area is 154 Å². The number of carbonyl (C=O) groups excluding carboxylic acids is 2. The van der Waals surface area contributed by atoms with Gasteiger partial charge in [0.1, 0.15) is 6.04 Å². The van der Waals surface area contributed by atoms with Crippen molar-refractivity contribution in [2.75, 3.05) is 6.54 Å². The second-order valence-corrected chi connectivity index (χ2v) is 6.05. The number of hydrogen-bond acceptors (Lipinski definition) is 4. The van der Waals surface area contributed by atoms with E-state index in [-0.39, 0.29) is 6.42 Å². The van der Waals surface area contributed by atoms with Crippen LogP contribution in [0.15, 0.2) is 12.2 Å². The number of carbonyl (C=O) groups is 4. The minimum Gasteiger partial charge on any atom is -0.481 e. The van der Waals surface area contributed by atoms with Gasteiger partial charge in [0.2, 0.25) is 12.3 Å². The second kappa shape index (κ2) is 16.1. The number of unbranched alkanes of at least 4 members (excludes halogenated alkanes) is 6. The molecule has 0 saturated heterocycles. The topological polar surface area (TPSA) is 133 Å². The van der Waals surface area contributed by atoms with Crippen LogP contribution < -0.4 is 10.6 Å². The van der Waals surface area contributed by atoms with E-state index >= 15 is 0 Å². The van der Waals surface area contributed by atoms with Crippen LogP contribution in [0.2, 0.25) is 0 Å². The first-order valence-electron chi connectivity index (χ1n) is 9.03. The molecule has 0 fully saturated rings. The molecule has 0 rings (SSSR count). The molecule has 8 heteroatoms. The van der Waals surface area contributed by atoms with Crippen molar-refractivity contribution in [3.05, 3.63) is 12.2 Å². The fourth-order valence-corrected chi connectivity index (χ4v) is 2.33. The maximum absolute atomic E-state index is 11.6. The van der Waals surface area contributed by atoms with E-state index in [2.05, 4.69) is 22.8 Å². The first-order chi connectivity index (χ1) is 12.5. The molecular weight excluding hydrogens is 340 g/mol. The van der Waals surface area contributed by atoms with Crippen LogP contribution in [0.5, 0.6) is 0 Å². The molecule has 0 heterocycles. The maximum Gasteiger partial charge on any atom is 0.326 e. The third-order valence-corrected chi connectivity index (χ3v) is 3.73. The summed E-state index contributed by atoms with van der Waals surface area (Å²) < 4.78 is 0. The monoisotopic (exact) mass is 370 g/mol. The van der Waals surface area contributed by atoms with E-state index in [4.69, 9.17) is 10.2 Å². The first-order valence-corrected chi connectivity index (χ1v) is 9.03. The lowest BCUT2D eigenvalue weighted by molar-refractivity contribution is -0.147. The van der Waals surface area contributed by atoms with Crippen LogP contribution in [-0.2, 0) is 19.2 Å². The van der Waals surface area contributed by atoms with E-state index in [1.165, 1.54) is 0 Å². The summed E-state index contributed by atoms with van der Waals surface area (Å²) in [5.74, 6) is -3.03. The lowest BCUT2D eigenvalue weighted by atomic mass is 10.1. The Hall–Kier alpha value is -2.38. The van der Waals surface area contributed by atoms with Crippen LogP contribution in [0.4, 0.5) is 0 Å². The summed E-state index contributed by atoms with van der Waals surface area (Å²) in [6, 6.07) is -1.38. The van der Waals surface area contributed by atoms with Gasteiger partial charge in [-0.05, 0) is 38.5 Å². The number of hydrogen-bond donors (Lipinski definition) is 4. The molecule has 148 valence electrons. The molecule has 0 aromatic heterocycles. The predicted molar refractivity (Wildman–Crippen MR) is 96.6 cm³/mol. The molecule has 0 bridgehead atoms. The van der Waals surface area contributed by atoms with Crippen molar-refractivity contribution in [2.24, 2.45) is 0 Å². The summed E-state index contributed by atoms with van der Waals surface area (Å²) in [4.78, 5) is 43.1. The van der Waals surface area contributed by atoms with Gasteiger partial charge in [-0.2, -0.15) is 0 Å². The predicted octanol–water partition coefficient (Wildman–Crippen LogP) is 1.84. The van der Waals surface area contributed by atoms with Gasteiger partial charge in [0, 0.05) is 13.0 Å². The molecule has 2 amide bonds. The Morgan fingerprint density at radius 2 is 1.50 bits per heavy atom. The van der Waals surface area contributed by atoms with Gasteiger partial charge in [-0.1, -0.05) is 25.0 Å². The van der Waals surface area contributed by atoms with Crippen molar-refractivity contribution in [3.8, 4) is 0 Å². The van der Waals surface area contributed by atoms with Gasteiger partial charge in [-0.25, -0.2) is 4.79 Å². The number of carboxylic acid groups (broad SMARTS) is 2. The van der Waals surface area contributed by atoms with Crippen molar-refractivity contribution < 1.29 is 29.4 Å². The third kappa shape index (κ3) is 15.2. The van der Waals surface area contributed by atoms with Gasteiger partial charge in [-0.3, -0.25) is 14.4 Å². The summed E-state index contributed by atoms with van der Waals surface area (Å²) in [7, 11) is 0. The number of nitrogens with one attached hydrogen (secondary N) is 2. The van der Waals surface area contributed by atoms with E-state index in [1.54, 1.807) is 0 Å². The average Bonchev–Trinajstić information content (AvgIpc) is 2.58. The summed E-state index contributed by atoms with van der Waals surface area (Å²) in [5.41, 5.74) is 0. The molecule has 0 radical (unpaired) electrons. The van der Waals surface area contributed by atoms with Crippen LogP contribution in [0.1, 0.15) is 64.2 Å². The maximum atomic E-state index is 11.6. The highest BCUT2D eigenvalue weighted by atomic mass is 16.4. The van der Waals surface area contributed by atoms with Crippen LogP contribution in [0.3, 0.4) is 0 Å². The van der Waals surface area contributed by atoms with E-state index in [0.717, 1.165) is 44.9 Å². The first kappa shape index (κ1) is 23.6. The normalized spacial score (nSPS) is 11.8. The number of carboxylic acids is 2. The molecule has 0 saturated carbocycles. The minimum atomic E-state index is -1.38. The van der Waals surface area contributed by atoms with E-state index in [1.807, 2.05) is 0 Å². The molecule has 4 N–H and O–H groups in total. The molecule has 8 nitrogen and oxygen atoms in total. The fraction of sp³-hybridized carbons (Fsp3) is 0.667. The number of amides is 2. The average molecular weight is 370 g/mol. The zero-order chi connectivity index (χ0) is 19.6. The molecule has 0 aliphatic heterocycles. The standard InChI is InChI=1S/C18H30N2O6/c21-14-19-12-10-8-6-4-2-1-3-5-7-9-11-16(22)20-15(18(25)26)13-17(23)24/h2,4,14-15H,1,3,5-13H2,(H,19,21)(H,20,22)(H,23,24)(H,25,26)/b4-2-. The molecule has 0 spiro atoms. The van der Waals surface area contributed by atoms with Crippen LogP contribution >= 0.6 is 0 Å². The Balaban J connectivity index is 3.59. The molecule has 0 aliphatic rings. The van der Waals surface area contributed by atoms with Gasteiger partial charge >= 0.3 is 11.9 Å². The molecule has 26 heavy (non-hydrogen) atoms. The van der Waals surface area contributed by atoms with Crippen molar-refractivity contribution in [2.45, 2.75) is 70.3 Å². The zero-order valence-electron chi connectivity index (χ0n) is 15.1. The second-order valence-electron chi connectivity index (χ2n) is 6.05. The van der Waals surface area contributed by atoms with Gasteiger partial charge in [0.05, 0.1) is 6.42 Å². The fourth-order valence-electron chi connectivity index (χ4n) is 2.33. The largest absolute Gasteiger partial charge is 0.481 e. The number of aliphatic carboxylic acids is 2. The van der Waals surface area contributed by atoms with E-state index in [9.17, 15) is 19.2 Å². The molecule has 1 atom stereocenters. The van der Waals surface area contributed by atoms with Gasteiger partial charge in [-0.15, -0.1) is 0 Å². The van der Waals surface area contributed by atoms with Crippen LogP contribution in [0.25, 0.3) is 0 Å². The molecule has 0 aromatic rings. The molecular formula is C18H30N2O6. The van der Waals surface area contributed by atoms with Gasteiger partial charge in [0.25, 0.3) is 0 Å².